The van der Waals surface area contributed by atoms with E-state index in [2.05, 4.69) is 6.92 Å². The maximum atomic E-state index is 14.3. The van der Waals surface area contributed by atoms with Crippen molar-refractivity contribution in [3.63, 3.8) is 0 Å². The standard InChI is InChI=1S/C20H29BFNO3/c1-6-9-23(18(24)15-7-8-15)13-14-10-16(12-17(22)11-14)21-25-19(2,3)20(4,5)26-21/h10-12,15H,6-9,13H2,1-5H3. The Hall–Kier alpha value is -1.40. The molecule has 2 aliphatic rings. The Morgan fingerprint density at radius 1 is 1.19 bits per heavy atom. The molecule has 1 saturated heterocycles. The van der Waals surface area contributed by atoms with Crippen molar-refractivity contribution < 1.29 is 18.5 Å². The molecule has 1 amide bonds. The summed E-state index contributed by atoms with van der Waals surface area (Å²) in [6, 6.07) is 4.85. The molecule has 0 unspecified atom stereocenters. The van der Waals surface area contributed by atoms with Gasteiger partial charge in [-0.1, -0.05) is 13.0 Å². The second kappa shape index (κ2) is 6.97. The summed E-state index contributed by atoms with van der Waals surface area (Å²) in [6.07, 6.45) is 2.83. The van der Waals surface area contributed by atoms with E-state index in [9.17, 15) is 9.18 Å². The van der Waals surface area contributed by atoms with Gasteiger partial charge >= 0.3 is 7.12 Å². The predicted octanol–water partition coefficient (Wildman–Crippen LogP) is 3.27. The summed E-state index contributed by atoms with van der Waals surface area (Å²) in [4.78, 5) is 14.3. The highest BCUT2D eigenvalue weighted by Gasteiger charge is 2.51. The van der Waals surface area contributed by atoms with E-state index < -0.39 is 18.3 Å². The second-order valence-corrected chi connectivity index (χ2v) is 8.52. The first-order valence-electron chi connectivity index (χ1n) is 9.57. The van der Waals surface area contributed by atoms with E-state index in [0.717, 1.165) is 24.8 Å². The predicted molar refractivity (Wildman–Crippen MR) is 101 cm³/mol. The van der Waals surface area contributed by atoms with Crippen LogP contribution in [0.2, 0.25) is 0 Å². The van der Waals surface area contributed by atoms with Crippen molar-refractivity contribution in [3.8, 4) is 0 Å². The van der Waals surface area contributed by atoms with E-state index in [1.54, 1.807) is 0 Å². The second-order valence-electron chi connectivity index (χ2n) is 8.52. The van der Waals surface area contributed by atoms with Crippen LogP contribution in [0.15, 0.2) is 18.2 Å². The van der Waals surface area contributed by atoms with E-state index in [1.807, 2.05) is 38.7 Å². The molecular weight excluding hydrogens is 332 g/mol. The Bertz CT molecular complexity index is 672. The van der Waals surface area contributed by atoms with E-state index in [1.165, 1.54) is 12.1 Å². The third-order valence-corrected chi connectivity index (χ3v) is 5.61. The van der Waals surface area contributed by atoms with Gasteiger partial charge in [0.25, 0.3) is 0 Å². The first-order chi connectivity index (χ1) is 12.1. The average molecular weight is 361 g/mol. The number of benzene rings is 1. The summed E-state index contributed by atoms with van der Waals surface area (Å²) in [5.74, 6) is 0.0218. The van der Waals surface area contributed by atoms with Crippen molar-refractivity contribution in [2.75, 3.05) is 6.54 Å². The molecule has 2 fully saturated rings. The van der Waals surface area contributed by atoms with Crippen LogP contribution in [0, 0.1) is 11.7 Å². The quantitative estimate of drug-likeness (QED) is 0.730. The highest BCUT2D eigenvalue weighted by molar-refractivity contribution is 6.62. The molecule has 0 N–H and O–H groups in total. The van der Waals surface area contributed by atoms with Crippen LogP contribution in [0.3, 0.4) is 0 Å². The summed E-state index contributed by atoms with van der Waals surface area (Å²) < 4.78 is 26.3. The lowest BCUT2D eigenvalue weighted by Gasteiger charge is -2.32. The lowest BCUT2D eigenvalue weighted by atomic mass is 9.78. The van der Waals surface area contributed by atoms with Gasteiger partial charge in [-0.25, -0.2) is 4.39 Å². The fraction of sp³-hybridized carbons (Fsp3) is 0.650. The molecule has 4 nitrogen and oxygen atoms in total. The number of hydrogen-bond donors (Lipinski definition) is 0. The van der Waals surface area contributed by atoms with E-state index in [-0.39, 0.29) is 17.6 Å². The summed E-state index contributed by atoms with van der Waals surface area (Å²) in [6.45, 7) is 11.1. The molecule has 142 valence electrons. The maximum Gasteiger partial charge on any atom is 0.494 e. The summed E-state index contributed by atoms with van der Waals surface area (Å²) in [5.41, 5.74) is 0.492. The Labute approximate surface area is 156 Å². The maximum absolute atomic E-state index is 14.3. The number of hydrogen-bond acceptors (Lipinski definition) is 3. The molecule has 26 heavy (non-hydrogen) atoms. The smallest absolute Gasteiger partial charge is 0.399 e. The molecule has 6 heteroatoms. The van der Waals surface area contributed by atoms with Crippen molar-refractivity contribution in [1.29, 1.82) is 0 Å². The minimum Gasteiger partial charge on any atom is -0.399 e. The van der Waals surface area contributed by atoms with Crippen LogP contribution in [-0.4, -0.2) is 35.7 Å². The fourth-order valence-corrected chi connectivity index (χ4v) is 3.23. The highest BCUT2D eigenvalue weighted by Crippen LogP contribution is 2.36. The van der Waals surface area contributed by atoms with Gasteiger partial charge in [0.1, 0.15) is 5.82 Å². The van der Waals surface area contributed by atoms with Gasteiger partial charge in [0.15, 0.2) is 0 Å². The number of rotatable bonds is 6. The molecule has 1 heterocycles. The van der Waals surface area contributed by atoms with Crippen LogP contribution in [0.1, 0.15) is 59.4 Å². The van der Waals surface area contributed by atoms with Crippen LogP contribution < -0.4 is 5.46 Å². The molecule has 0 aromatic heterocycles. The van der Waals surface area contributed by atoms with Crippen LogP contribution in [0.25, 0.3) is 0 Å². The van der Waals surface area contributed by atoms with Gasteiger partial charge in [-0.3, -0.25) is 4.79 Å². The van der Waals surface area contributed by atoms with Crippen molar-refractivity contribution in [2.24, 2.45) is 5.92 Å². The van der Waals surface area contributed by atoms with E-state index >= 15 is 0 Å². The van der Waals surface area contributed by atoms with Crippen LogP contribution >= 0.6 is 0 Å². The number of halogens is 1. The third-order valence-electron chi connectivity index (χ3n) is 5.61. The fourth-order valence-electron chi connectivity index (χ4n) is 3.23. The number of nitrogens with zero attached hydrogens (tertiary/aromatic N) is 1. The normalized spacial score (nSPS) is 21.1. The average Bonchev–Trinajstić information content (AvgIpc) is 3.33. The van der Waals surface area contributed by atoms with Gasteiger partial charge in [-0.15, -0.1) is 0 Å². The van der Waals surface area contributed by atoms with Crippen molar-refractivity contribution >= 4 is 18.5 Å². The molecule has 0 bridgehead atoms. The molecule has 1 aromatic rings. The summed E-state index contributed by atoms with van der Waals surface area (Å²) >= 11 is 0. The van der Waals surface area contributed by atoms with Crippen molar-refractivity contribution in [3.05, 3.63) is 29.6 Å². The van der Waals surface area contributed by atoms with Gasteiger partial charge in [-0.05, 0) is 70.1 Å². The number of carbonyl (C=O) groups is 1. The van der Waals surface area contributed by atoms with Crippen molar-refractivity contribution in [2.45, 2.75) is 71.6 Å². The largest absolute Gasteiger partial charge is 0.494 e. The number of amides is 1. The zero-order valence-electron chi connectivity index (χ0n) is 16.5. The Balaban J connectivity index is 1.80. The Kier molecular flexibility index (Phi) is 5.19. The molecule has 1 aliphatic heterocycles. The van der Waals surface area contributed by atoms with Gasteiger partial charge < -0.3 is 14.2 Å². The first-order valence-corrected chi connectivity index (χ1v) is 9.57. The van der Waals surface area contributed by atoms with Gasteiger partial charge in [0, 0.05) is 19.0 Å². The molecule has 1 saturated carbocycles. The highest BCUT2D eigenvalue weighted by atomic mass is 19.1. The monoisotopic (exact) mass is 361 g/mol. The molecule has 1 aromatic carbocycles. The zero-order chi connectivity index (χ0) is 19.1. The minimum atomic E-state index is -0.604. The van der Waals surface area contributed by atoms with Gasteiger partial charge in [-0.2, -0.15) is 0 Å². The minimum absolute atomic E-state index is 0.165. The topological polar surface area (TPSA) is 38.8 Å². The summed E-state index contributed by atoms with van der Waals surface area (Å²) in [5, 5.41) is 0. The summed E-state index contributed by atoms with van der Waals surface area (Å²) in [7, 11) is -0.604. The lowest BCUT2D eigenvalue weighted by Crippen LogP contribution is -2.41. The van der Waals surface area contributed by atoms with Crippen LogP contribution in [0.5, 0.6) is 0 Å². The molecule has 1 aliphatic carbocycles. The Morgan fingerprint density at radius 2 is 1.81 bits per heavy atom. The third kappa shape index (κ3) is 3.96. The van der Waals surface area contributed by atoms with Gasteiger partial charge in [0.05, 0.1) is 11.2 Å². The van der Waals surface area contributed by atoms with E-state index in [4.69, 9.17) is 9.31 Å². The Morgan fingerprint density at radius 3 is 2.35 bits per heavy atom. The molecule has 0 spiro atoms. The zero-order valence-corrected chi connectivity index (χ0v) is 16.5. The molecule has 0 radical (unpaired) electrons. The molecule has 0 atom stereocenters. The van der Waals surface area contributed by atoms with Crippen molar-refractivity contribution in [1.82, 2.24) is 4.90 Å². The SMILES string of the molecule is CCCN(Cc1cc(F)cc(B2OC(C)(C)C(C)(C)O2)c1)C(=O)C1CC1. The lowest BCUT2D eigenvalue weighted by molar-refractivity contribution is -0.133. The van der Waals surface area contributed by atoms with Crippen LogP contribution in [-0.2, 0) is 20.6 Å². The molecule has 3 rings (SSSR count). The molecular formula is C20H29BFNO3. The van der Waals surface area contributed by atoms with Crippen LogP contribution in [0.4, 0.5) is 4.39 Å². The van der Waals surface area contributed by atoms with Gasteiger partial charge in [0.2, 0.25) is 5.91 Å². The number of carbonyl (C=O) groups excluding carboxylic acids is 1. The van der Waals surface area contributed by atoms with E-state index in [0.29, 0.717) is 18.6 Å². The first kappa shape index (κ1) is 19.4.